The van der Waals surface area contributed by atoms with Crippen LogP contribution in [-0.2, 0) is 6.54 Å². The van der Waals surface area contributed by atoms with Crippen LogP contribution in [0.25, 0.3) is 0 Å². The maximum absolute atomic E-state index is 12.3. The number of nitrogens with zero attached hydrogens (tertiary/aromatic N) is 2. The molecule has 6 heteroatoms. The van der Waals surface area contributed by atoms with Gasteiger partial charge < -0.3 is 20.6 Å². The SMILES string of the molecule is Cc1ccc(CNC(=O)NC(C)(CO)C2CC2)c(N2CCCC2)n1. The van der Waals surface area contributed by atoms with Gasteiger partial charge in [-0.3, -0.25) is 0 Å². The van der Waals surface area contributed by atoms with Crippen molar-refractivity contribution in [1.82, 2.24) is 15.6 Å². The molecule has 2 fully saturated rings. The van der Waals surface area contributed by atoms with Gasteiger partial charge in [-0.15, -0.1) is 0 Å². The molecule has 1 aliphatic carbocycles. The Bertz CT molecular complexity index is 597. The first-order valence-electron chi connectivity index (χ1n) is 8.90. The maximum Gasteiger partial charge on any atom is 0.315 e. The van der Waals surface area contributed by atoms with Gasteiger partial charge in [0.05, 0.1) is 12.1 Å². The molecule has 1 saturated heterocycles. The zero-order valence-electron chi connectivity index (χ0n) is 14.6. The molecule has 1 atom stereocenters. The third-order valence-corrected chi connectivity index (χ3v) is 5.15. The second-order valence-corrected chi connectivity index (χ2v) is 7.29. The number of aryl methyl sites for hydroxylation is 1. The highest BCUT2D eigenvalue weighted by Crippen LogP contribution is 2.39. The van der Waals surface area contributed by atoms with Gasteiger partial charge in [0.15, 0.2) is 0 Å². The van der Waals surface area contributed by atoms with E-state index in [1.807, 2.05) is 26.0 Å². The summed E-state index contributed by atoms with van der Waals surface area (Å²) >= 11 is 0. The molecule has 24 heavy (non-hydrogen) atoms. The molecule has 1 aromatic rings. The number of carbonyl (C=O) groups excluding carboxylic acids is 1. The highest BCUT2D eigenvalue weighted by atomic mass is 16.3. The maximum atomic E-state index is 12.3. The van der Waals surface area contributed by atoms with Crippen molar-refractivity contribution >= 4 is 11.8 Å². The average molecular weight is 332 g/mol. The zero-order valence-corrected chi connectivity index (χ0v) is 14.6. The summed E-state index contributed by atoms with van der Waals surface area (Å²) in [4.78, 5) is 19.2. The Morgan fingerprint density at radius 2 is 2.08 bits per heavy atom. The molecule has 2 heterocycles. The summed E-state index contributed by atoms with van der Waals surface area (Å²) in [5, 5.41) is 15.5. The smallest absolute Gasteiger partial charge is 0.315 e. The number of aliphatic hydroxyl groups is 1. The van der Waals surface area contributed by atoms with Crippen molar-refractivity contribution in [3.63, 3.8) is 0 Å². The summed E-state index contributed by atoms with van der Waals surface area (Å²) in [5.41, 5.74) is 1.51. The standard InChI is InChI=1S/C18H28N4O2/c1-13-5-6-14(16(20-13)22-9-3-4-10-22)11-19-17(24)21-18(2,12-23)15-7-8-15/h5-6,15,23H,3-4,7-12H2,1-2H3,(H2,19,21,24). The number of anilines is 1. The molecule has 3 rings (SSSR count). The highest BCUT2D eigenvalue weighted by molar-refractivity contribution is 5.75. The fraction of sp³-hybridized carbons (Fsp3) is 0.667. The van der Waals surface area contributed by atoms with Gasteiger partial charge in [0.2, 0.25) is 0 Å². The van der Waals surface area contributed by atoms with Crippen molar-refractivity contribution in [2.24, 2.45) is 5.92 Å². The van der Waals surface area contributed by atoms with Gasteiger partial charge in [-0.2, -0.15) is 0 Å². The van der Waals surface area contributed by atoms with Gasteiger partial charge in [0.25, 0.3) is 0 Å². The number of hydrogen-bond acceptors (Lipinski definition) is 4. The molecule has 132 valence electrons. The molecule has 1 aliphatic heterocycles. The first-order valence-corrected chi connectivity index (χ1v) is 8.90. The van der Waals surface area contributed by atoms with Crippen molar-refractivity contribution < 1.29 is 9.90 Å². The van der Waals surface area contributed by atoms with Crippen LogP contribution in [0.15, 0.2) is 12.1 Å². The van der Waals surface area contributed by atoms with Crippen molar-refractivity contribution in [3.05, 3.63) is 23.4 Å². The number of amides is 2. The molecule has 0 bridgehead atoms. The molecule has 3 N–H and O–H groups in total. The molecule has 1 saturated carbocycles. The van der Waals surface area contributed by atoms with Crippen LogP contribution in [0.1, 0.15) is 43.9 Å². The largest absolute Gasteiger partial charge is 0.394 e. The Morgan fingerprint density at radius 1 is 1.38 bits per heavy atom. The van der Waals surface area contributed by atoms with E-state index in [2.05, 4.69) is 20.5 Å². The summed E-state index contributed by atoms with van der Waals surface area (Å²) in [7, 11) is 0. The number of urea groups is 1. The lowest BCUT2D eigenvalue weighted by atomic mass is 9.97. The normalized spacial score (nSPS) is 19.9. The summed E-state index contributed by atoms with van der Waals surface area (Å²) in [5.74, 6) is 1.37. The minimum Gasteiger partial charge on any atom is -0.394 e. The molecule has 6 nitrogen and oxygen atoms in total. The van der Waals surface area contributed by atoms with Gasteiger partial charge in [-0.05, 0) is 51.5 Å². The quantitative estimate of drug-likeness (QED) is 0.744. The minimum absolute atomic E-state index is 0.0315. The highest BCUT2D eigenvalue weighted by Gasteiger charge is 2.42. The van der Waals surface area contributed by atoms with Crippen LogP contribution >= 0.6 is 0 Å². The monoisotopic (exact) mass is 332 g/mol. The molecule has 0 spiro atoms. The molecule has 2 aliphatic rings. The molecule has 1 aromatic heterocycles. The van der Waals surface area contributed by atoms with Crippen molar-refractivity contribution in [1.29, 1.82) is 0 Å². The topological polar surface area (TPSA) is 77.5 Å². The first kappa shape index (κ1) is 17.0. The molecule has 2 amide bonds. The van der Waals surface area contributed by atoms with Gasteiger partial charge in [-0.25, -0.2) is 9.78 Å². The lowest BCUT2D eigenvalue weighted by Gasteiger charge is -2.29. The third kappa shape index (κ3) is 3.80. The number of hydrogen-bond donors (Lipinski definition) is 3. The number of pyridine rings is 1. The lowest BCUT2D eigenvalue weighted by Crippen LogP contribution is -2.54. The van der Waals surface area contributed by atoms with Crippen molar-refractivity contribution in [3.8, 4) is 0 Å². The van der Waals surface area contributed by atoms with Crippen LogP contribution in [0.2, 0.25) is 0 Å². The van der Waals surface area contributed by atoms with Crippen LogP contribution < -0.4 is 15.5 Å². The Morgan fingerprint density at radius 3 is 2.71 bits per heavy atom. The Kier molecular flexibility index (Phi) is 4.94. The zero-order chi connectivity index (χ0) is 17.2. The van der Waals surface area contributed by atoms with E-state index in [0.29, 0.717) is 12.5 Å². The van der Waals surface area contributed by atoms with Crippen LogP contribution in [0.4, 0.5) is 10.6 Å². The van der Waals surface area contributed by atoms with Gasteiger partial charge in [0, 0.05) is 30.9 Å². The predicted octanol–water partition coefficient (Wildman–Crippen LogP) is 1.95. The molecule has 0 aromatic carbocycles. The second-order valence-electron chi connectivity index (χ2n) is 7.29. The number of rotatable bonds is 6. The molecule has 0 radical (unpaired) electrons. The summed E-state index contributed by atoms with van der Waals surface area (Å²) < 4.78 is 0. The predicted molar refractivity (Wildman–Crippen MR) is 94.0 cm³/mol. The second kappa shape index (κ2) is 6.97. The fourth-order valence-electron chi connectivity index (χ4n) is 3.38. The van der Waals surface area contributed by atoms with E-state index in [0.717, 1.165) is 43.0 Å². The van der Waals surface area contributed by atoms with E-state index in [4.69, 9.17) is 0 Å². The summed E-state index contributed by atoms with van der Waals surface area (Å²) in [6, 6.07) is 3.80. The molecular weight excluding hydrogens is 304 g/mol. The average Bonchev–Trinajstić information content (AvgIpc) is 3.29. The van der Waals surface area contributed by atoms with Crippen LogP contribution in [-0.4, -0.2) is 41.4 Å². The van der Waals surface area contributed by atoms with Crippen LogP contribution in [0.5, 0.6) is 0 Å². The van der Waals surface area contributed by atoms with Crippen LogP contribution in [0, 0.1) is 12.8 Å². The number of aliphatic hydroxyl groups excluding tert-OH is 1. The van der Waals surface area contributed by atoms with Gasteiger partial charge in [-0.1, -0.05) is 6.07 Å². The molecule has 1 unspecified atom stereocenters. The van der Waals surface area contributed by atoms with Crippen molar-refractivity contribution in [2.45, 2.75) is 51.6 Å². The first-order chi connectivity index (χ1) is 11.5. The fourth-order valence-corrected chi connectivity index (χ4v) is 3.38. The van der Waals surface area contributed by atoms with E-state index in [1.165, 1.54) is 12.8 Å². The Hall–Kier alpha value is -1.82. The van der Waals surface area contributed by atoms with Gasteiger partial charge >= 0.3 is 6.03 Å². The van der Waals surface area contributed by atoms with Crippen molar-refractivity contribution in [2.75, 3.05) is 24.6 Å². The van der Waals surface area contributed by atoms with E-state index < -0.39 is 5.54 Å². The molecular formula is C18H28N4O2. The van der Waals surface area contributed by atoms with E-state index in [-0.39, 0.29) is 12.6 Å². The number of nitrogens with one attached hydrogen (secondary N) is 2. The number of aromatic nitrogens is 1. The Balaban J connectivity index is 1.62. The van der Waals surface area contributed by atoms with Gasteiger partial charge in [0.1, 0.15) is 5.82 Å². The number of carbonyl (C=O) groups is 1. The lowest BCUT2D eigenvalue weighted by molar-refractivity contribution is 0.155. The van der Waals surface area contributed by atoms with E-state index in [1.54, 1.807) is 0 Å². The van der Waals surface area contributed by atoms with E-state index in [9.17, 15) is 9.90 Å². The van der Waals surface area contributed by atoms with Crippen LogP contribution in [0.3, 0.4) is 0 Å². The minimum atomic E-state index is -0.520. The summed E-state index contributed by atoms with van der Waals surface area (Å²) in [6.07, 6.45) is 4.52. The third-order valence-electron chi connectivity index (χ3n) is 5.15. The summed E-state index contributed by atoms with van der Waals surface area (Å²) in [6.45, 7) is 6.37. The Labute approximate surface area is 143 Å². The van der Waals surface area contributed by atoms with E-state index >= 15 is 0 Å².